The maximum atomic E-state index is 12.1. The number of esters is 1. The summed E-state index contributed by atoms with van der Waals surface area (Å²) in [5, 5.41) is 12.7. The number of carbonyl (C=O) groups is 2. The average Bonchev–Trinajstić information content (AvgIpc) is 3.11. The second-order valence-corrected chi connectivity index (χ2v) is 15.8. The van der Waals surface area contributed by atoms with Crippen molar-refractivity contribution >= 4 is 19.7 Å². The fourth-order valence-electron chi connectivity index (χ4n) is 5.96. The zero-order chi connectivity index (χ0) is 37.5. The van der Waals surface area contributed by atoms with Gasteiger partial charge in [0.25, 0.3) is 0 Å². The van der Waals surface area contributed by atoms with Gasteiger partial charge < -0.3 is 20.1 Å². The maximum absolute atomic E-state index is 12.1. The molecule has 0 bridgehead atoms. The molecule has 0 aliphatic heterocycles. The van der Waals surface area contributed by atoms with E-state index < -0.39 is 26.5 Å². The predicted molar refractivity (Wildman–Crippen MR) is 211 cm³/mol. The number of rotatable bonds is 40. The summed E-state index contributed by atoms with van der Waals surface area (Å²) in [4.78, 5) is 33.8. The number of carbonyl (C=O) groups excluding carboxylic acids is 2. The molecule has 51 heavy (non-hydrogen) atoms. The lowest BCUT2D eigenvalue weighted by molar-refractivity contribution is -0.147. The van der Waals surface area contributed by atoms with Gasteiger partial charge in [0.15, 0.2) is 0 Å². The van der Waals surface area contributed by atoms with Gasteiger partial charge in [0.1, 0.15) is 12.7 Å². The zero-order valence-corrected chi connectivity index (χ0v) is 34.0. The van der Waals surface area contributed by atoms with Crippen LogP contribution in [-0.4, -0.2) is 54.3 Å². The lowest BCUT2D eigenvalue weighted by Gasteiger charge is -2.15. The molecule has 3 N–H and O–H groups in total. The van der Waals surface area contributed by atoms with Gasteiger partial charge >= 0.3 is 13.8 Å². The monoisotopic (exact) mass is 746 g/mol. The predicted octanol–water partition coefficient (Wildman–Crippen LogP) is 11.4. The SMILES string of the molecule is CCCCCCC/C=C\CCCCCCCC(=O)NCCOP(=O)(O)OCC(O)COC(=O)CCCCCCCCCCCCCCCCCC. The molecule has 302 valence electrons. The van der Waals surface area contributed by atoms with Crippen LogP contribution in [0.15, 0.2) is 12.2 Å². The Kier molecular flexibility index (Phi) is 37.5. The van der Waals surface area contributed by atoms with Gasteiger partial charge in [-0.1, -0.05) is 167 Å². The highest BCUT2D eigenvalue weighted by Crippen LogP contribution is 2.42. The van der Waals surface area contributed by atoms with Gasteiger partial charge in [-0.25, -0.2) is 4.57 Å². The lowest BCUT2D eigenvalue weighted by atomic mass is 10.0. The molecule has 0 radical (unpaired) electrons. The first-order chi connectivity index (χ1) is 24.8. The van der Waals surface area contributed by atoms with Crippen molar-refractivity contribution in [3.05, 3.63) is 12.2 Å². The van der Waals surface area contributed by atoms with Crippen molar-refractivity contribution in [2.24, 2.45) is 0 Å². The van der Waals surface area contributed by atoms with E-state index in [0.29, 0.717) is 6.42 Å². The highest BCUT2D eigenvalue weighted by Gasteiger charge is 2.23. The summed E-state index contributed by atoms with van der Waals surface area (Å²) < 4.78 is 26.8. The van der Waals surface area contributed by atoms with Crippen molar-refractivity contribution in [2.75, 3.05) is 26.4 Å². The quantitative estimate of drug-likeness (QED) is 0.0244. The van der Waals surface area contributed by atoms with E-state index in [4.69, 9.17) is 13.8 Å². The molecule has 0 aromatic heterocycles. The summed E-state index contributed by atoms with van der Waals surface area (Å²) in [6.45, 7) is 3.56. The largest absolute Gasteiger partial charge is 0.472 e. The molecule has 0 heterocycles. The van der Waals surface area contributed by atoms with E-state index in [2.05, 4.69) is 31.3 Å². The molecule has 0 saturated heterocycles. The molecule has 1 amide bonds. The summed E-state index contributed by atoms with van der Waals surface area (Å²) in [5.41, 5.74) is 0. The summed E-state index contributed by atoms with van der Waals surface area (Å²) in [5.74, 6) is -0.518. The van der Waals surface area contributed by atoms with Crippen molar-refractivity contribution in [3.8, 4) is 0 Å². The van der Waals surface area contributed by atoms with Gasteiger partial charge in [0.05, 0.1) is 13.2 Å². The van der Waals surface area contributed by atoms with Crippen LogP contribution in [-0.2, 0) is 27.9 Å². The Morgan fingerprint density at radius 2 is 1.00 bits per heavy atom. The fourth-order valence-corrected chi connectivity index (χ4v) is 6.72. The van der Waals surface area contributed by atoms with E-state index in [-0.39, 0.29) is 32.1 Å². The smallest absolute Gasteiger partial charge is 0.463 e. The maximum Gasteiger partial charge on any atom is 0.472 e. The first-order valence-electron chi connectivity index (χ1n) is 21.2. The van der Waals surface area contributed by atoms with Crippen LogP contribution in [0, 0.1) is 0 Å². The normalized spacial score (nSPS) is 13.4. The number of nitrogens with one attached hydrogen (secondary N) is 1. The summed E-state index contributed by atoms with van der Waals surface area (Å²) in [6.07, 6.45) is 38.5. The van der Waals surface area contributed by atoms with Crippen LogP contribution in [0.4, 0.5) is 0 Å². The van der Waals surface area contributed by atoms with Crippen LogP contribution in [0.3, 0.4) is 0 Å². The molecule has 0 aromatic rings. The van der Waals surface area contributed by atoms with Crippen molar-refractivity contribution in [1.29, 1.82) is 0 Å². The van der Waals surface area contributed by atoms with E-state index in [1.807, 2.05) is 0 Å². The molecule has 0 aliphatic carbocycles. The van der Waals surface area contributed by atoms with E-state index in [9.17, 15) is 24.2 Å². The molecule has 0 aromatic carbocycles. The Balaban J connectivity index is 3.58. The third-order valence-electron chi connectivity index (χ3n) is 9.20. The molecule has 0 fully saturated rings. The summed E-state index contributed by atoms with van der Waals surface area (Å²) in [7, 11) is -4.41. The number of allylic oxidation sites excluding steroid dienone is 2. The van der Waals surface area contributed by atoms with Gasteiger partial charge in [-0.05, 0) is 38.5 Å². The molecule has 0 spiro atoms. The third kappa shape index (κ3) is 39.8. The topological polar surface area (TPSA) is 131 Å². The highest BCUT2D eigenvalue weighted by molar-refractivity contribution is 7.47. The highest BCUT2D eigenvalue weighted by atomic mass is 31.2. The molecule has 10 heteroatoms. The molecular formula is C41H80NO8P. The Hall–Kier alpha value is -1.25. The molecule has 2 unspecified atom stereocenters. The van der Waals surface area contributed by atoms with Gasteiger partial charge in [-0.3, -0.25) is 18.6 Å². The minimum absolute atomic E-state index is 0.0806. The number of hydrogen-bond donors (Lipinski definition) is 3. The van der Waals surface area contributed by atoms with Crippen LogP contribution in [0.5, 0.6) is 0 Å². The van der Waals surface area contributed by atoms with Crippen molar-refractivity contribution < 1.29 is 37.9 Å². The standard InChI is InChI=1S/C41H80NO8P/c1-3-5-7-9-11-13-15-17-19-20-22-24-26-28-30-32-34-41(45)48-37-39(43)38-50-51(46,47)49-36-35-42-40(44)33-31-29-27-25-23-21-18-16-14-12-10-8-6-4-2/h16,18,39,43H,3-15,17,19-38H2,1-2H3,(H,42,44)(H,46,47)/b18-16-. The number of ether oxygens (including phenoxy) is 1. The van der Waals surface area contributed by atoms with Crippen LogP contribution >= 0.6 is 7.82 Å². The van der Waals surface area contributed by atoms with Gasteiger partial charge in [0, 0.05) is 19.4 Å². The molecule has 0 saturated carbocycles. The summed E-state index contributed by atoms with van der Waals surface area (Å²) in [6, 6.07) is 0. The number of amides is 1. The van der Waals surface area contributed by atoms with E-state index in [1.54, 1.807) is 0 Å². The van der Waals surface area contributed by atoms with Gasteiger partial charge in [-0.2, -0.15) is 0 Å². The van der Waals surface area contributed by atoms with Crippen molar-refractivity contribution in [1.82, 2.24) is 5.32 Å². The Bertz CT molecular complexity index is 856. The molecular weight excluding hydrogens is 665 g/mol. The molecule has 2 atom stereocenters. The number of phosphoric ester groups is 1. The minimum atomic E-state index is -4.41. The number of aliphatic hydroxyl groups is 1. The average molecular weight is 746 g/mol. The molecule has 0 rings (SSSR count). The second kappa shape index (κ2) is 38.5. The molecule has 9 nitrogen and oxygen atoms in total. The van der Waals surface area contributed by atoms with Crippen LogP contribution in [0.25, 0.3) is 0 Å². The Labute approximate surface area is 313 Å². The molecule has 0 aliphatic rings. The van der Waals surface area contributed by atoms with Crippen LogP contribution in [0.1, 0.15) is 206 Å². The van der Waals surface area contributed by atoms with Gasteiger partial charge in [-0.15, -0.1) is 0 Å². The minimum Gasteiger partial charge on any atom is -0.463 e. The second-order valence-electron chi connectivity index (χ2n) is 14.3. The van der Waals surface area contributed by atoms with Crippen molar-refractivity contribution in [2.45, 2.75) is 213 Å². The zero-order valence-electron chi connectivity index (χ0n) is 33.1. The van der Waals surface area contributed by atoms with E-state index >= 15 is 0 Å². The number of hydrogen-bond acceptors (Lipinski definition) is 7. The lowest BCUT2D eigenvalue weighted by Crippen LogP contribution is -2.27. The third-order valence-corrected chi connectivity index (χ3v) is 10.2. The van der Waals surface area contributed by atoms with Crippen molar-refractivity contribution in [3.63, 3.8) is 0 Å². The first kappa shape index (κ1) is 49.8. The van der Waals surface area contributed by atoms with E-state index in [1.165, 1.54) is 135 Å². The van der Waals surface area contributed by atoms with Gasteiger partial charge in [0.2, 0.25) is 5.91 Å². The summed E-state index contributed by atoms with van der Waals surface area (Å²) >= 11 is 0. The number of unbranched alkanes of at least 4 members (excludes halogenated alkanes) is 25. The Morgan fingerprint density at radius 1 is 0.588 bits per heavy atom. The fraction of sp³-hybridized carbons (Fsp3) is 0.902. The van der Waals surface area contributed by atoms with Crippen LogP contribution in [0.2, 0.25) is 0 Å². The van der Waals surface area contributed by atoms with Crippen LogP contribution < -0.4 is 5.32 Å². The van der Waals surface area contributed by atoms with E-state index in [0.717, 1.165) is 44.9 Å². The number of phosphoric acid groups is 1. The Morgan fingerprint density at radius 3 is 1.47 bits per heavy atom. The first-order valence-corrected chi connectivity index (χ1v) is 22.7. The number of aliphatic hydroxyl groups excluding tert-OH is 1.